The third-order valence-corrected chi connectivity index (χ3v) is 7.52. The van der Waals surface area contributed by atoms with Crippen molar-refractivity contribution in [1.82, 2.24) is 0 Å². The van der Waals surface area contributed by atoms with Crippen molar-refractivity contribution in [2.75, 3.05) is 38.9 Å². The third-order valence-electron chi connectivity index (χ3n) is 6.03. The number of thioether (sulfide) groups is 2. The molecule has 3 rings (SSSR count). The highest BCUT2D eigenvalue weighted by Gasteiger charge is 2.20. The van der Waals surface area contributed by atoms with Gasteiger partial charge < -0.3 is 28.4 Å². The highest BCUT2D eigenvalue weighted by molar-refractivity contribution is 7.98. The fraction of sp³-hybridized carbons (Fsp3) is 0.235. The van der Waals surface area contributed by atoms with Crippen LogP contribution in [0.4, 0.5) is 0 Å². The molecule has 0 aliphatic rings. The predicted molar refractivity (Wildman–Crippen MR) is 175 cm³/mol. The molecular weight excluding hydrogens is 632 g/mol. The lowest BCUT2D eigenvalue weighted by Crippen LogP contribution is -2.31. The Morgan fingerprint density at radius 3 is 1.37 bits per heavy atom. The summed E-state index contributed by atoms with van der Waals surface area (Å²) in [6.45, 7) is 6.00. The molecule has 12 heteroatoms. The largest absolute Gasteiger partial charge is 0.489 e. The van der Waals surface area contributed by atoms with Crippen LogP contribution in [-0.4, -0.2) is 75.0 Å². The van der Waals surface area contributed by atoms with Gasteiger partial charge in [-0.05, 0) is 73.2 Å². The summed E-state index contributed by atoms with van der Waals surface area (Å²) >= 11 is 3.09. The summed E-state index contributed by atoms with van der Waals surface area (Å²) in [6.07, 6.45) is 3.99. The van der Waals surface area contributed by atoms with Crippen molar-refractivity contribution in [3.05, 3.63) is 109 Å². The minimum Gasteiger partial charge on any atom is -0.489 e. The van der Waals surface area contributed by atoms with Gasteiger partial charge in [0.2, 0.25) is 0 Å². The topological polar surface area (TPSA) is 124 Å². The van der Waals surface area contributed by atoms with Crippen LogP contribution in [0.15, 0.2) is 108 Å². The van der Waals surface area contributed by atoms with Gasteiger partial charge in [0, 0.05) is 28.0 Å². The van der Waals surface area contributed by atoms with Crippen LogP contribution in [0.2, 0.25) is 0 Å². The first-order valence-corrected chi connectivity index (χ1v) is 16.3. The molecule has 0 aliphatic heterocycles. The van der Waals surface area contributed by atoms with Crippen molar-refractivity contribution >= 4 is 47.4 Å². The van der Waals surface area contributed by atoms with Crippen LogP contribution in [0, 0.1) is 0 Å². The monoisotopic (exact) mass is 666 g/mol. The third kappa shape index (κ3) is 12.0. The van der Waals surface area contributed by atoms with E-state index in [0.717, 1.165) is 21.9 Å². The van der Waals surface area contributed by atoms with E-state index in [1.54, 1.807) is 96.3 Å². The maximum Gasteiger partial charge on any atom is 0.338 e. The minimum atomic E-state index is -0.932. The van der Waals surface area contributed by atoms with Gasteiger partial charge in [-0.1, -0.05) is 19.2 Å². The Balaban J connectivity index is 1.57. The quantitative estimate of drug-likeness (QED) is 0.0706. The average Bonchev–Trinajstić information content (AvgIpc) is 3.10. The zero-order valence-electron chi connectivity index (χ0n) is 25.4. The smallest absolute Gasteiger partial charge is 0.338 e. The highest BCUT2D eigenvalue weighted by atomic mass is 32.2. The zero-order valence-corrected chi connectivity index (χ0v) is 27.0. The second-order valence-corrected chi connectivity index (χ2v) is 11.0. The summed E-state index contributed by atoms with van der Waals surface area (Å²) < 4.78 is 32.9. The van der Waals surface area contributed by atoms with Crippen LogP contribution in [0.3, 0.4) is 0 Å². The number of hydrogen-bond acceptors (Lipinski definition) is 12. The average molecular weight is 667 g/mol. The van der Waals surface area contributed by atoms with Crippen LogP contribution >= 0.6 is 23.5 Å². The van der Waals surface area contributed by atoms with Crippen molar-refractivity contribution in [1.29, 1.82) is 0 Å². The van der Waals surface area contributed by atoms with Crippen LogP contribution in [-0.2, 0) is 28.5 Å². The van der Waals surface area contributed by atoms with Gasteiger partial charge in [-0.2, -0.15) is 0 Å². The second kappa shape index (κ2) is 19.0. The number of carbonyl (C=O) groups is 4. The van der Waals surface area contributed by atoms with Gasteiger partial charge in [0.1, 0.15) is 37.9 Å². The molecule has 0 heterocycles. The molecule has 0 amide bonds. The van der Waals surface area contributed by atoms with Gasteiger partial charge in [0.15, 0.2) is 12.2 Å². The summed E-state index contributed by atoms with van der Waals surface area (Å²) in [5.41, 5.74) is 0.711. The molecule has 3 aromatic carbocycles. The Morgan fingerprint density at radius 2 is 1.02 bits per heavy atom. The van der Waals surface area contributed by atoms with Crippen LogP contribution < -0.4 is 9.47 Å². The molecule has 3 aromatic rings. The molecule has 0 bridgehead atoms. The van der Waals surface area contributed by atoms with E-state index >= 15 is 0 Å². The van der Waals surface area contributed by atoms with E-state index in [1.165, 1.54) is 0 Å². The van der Waals surface area contributed by atoms with Crippen LogP contribution in [0.1, 0.15) is 20.7 Å². The molecule has 0 aromatic heterocycles. The summed E-state index contributed by atoms with van der Waals surface area (Å²) in [7, 11) is 0. The molecule has 10 nitrogen and oxygen atoms in total. The standard InChI is InChI=1S/C34H34O10S2/c1-5-31(35)43-27(21-41-33(37)23-10-14-29(45-3)15-11-23)19-39-25-8-7-9-26(18-25)40-20-28(44-32(36)6-2)22-42-34(38)24-12-16-30(46-4)17-13-24/h5-18,27-28H,1-2,19-22H2,3-4H3. The number of carbonyl (C=O) groups excluding carboxylic acids is 4. The molecule has 2 atom stereocenters. The first kappa shape index (κ1) is 35.8. The normalized spacial score (nSPS) is 11.7. The number of rotatable bonds is 18. The molecule has 2 unspecified atom stereocenters. The van der Waals surface area contributed by atoms with E-state index in [4.69, 9.17) is 28.4 Å². The maximum atomic E-state index is 12.5. The number of hydrogen-bond donors (Lipinski definition) is 0. The molecule has 0 aliphatic carbocycles. The van der Waals surface area contributed by atoms with Gasteiger partial charge in [0.05, 0.1) is 11.1 Å². The van der Waals surface area contributed by atoms with Gasteiger partial charge in [-0.15, -0.1) is 23.5 Å². The van der Waals surface area contributed by atoms with Crippen molar-refractivity contribution in [2.24, 2.45) is 0 Å². The van der Waals surface area contributed by atoms with E-state index in [0.29, 0.717) is 22.6 Å². The first-order chi connectivity index (χ1) is 22.2. The van der Waals surface area contributed by atoms with E-state index in [9.17, 15) is 19.2 Å². The van der Waals surface area contributed by atoms with E-state index < -0.39 is 36.1 Å². The molecule has 0 saturated carbocycles. The summed E-state index contributed by atoms with van der Waals surface area (Å²) in [4.78, 5) is 50.8. The molecule has 0 saturated heterocycles. The molecule has 46 heavy (non-hydrogen) atoms. The Kier molecular flexibility index (Phi) is 14.8. The Hall–Kier alpha value is -4.68. The fourth-order valence-corrected chi connectivity index (χ4v) is 4.46. The van der Waals surface area contributed by atoms with E-state index in [1.807, 2.05) is 12.5 Å². The zero-order chi connectivity index (χ0) is 33.3. The van der Waals surface area contributed by atoms with Crippen molar-refractivity contribution < 1.29 is 47.6 Å². The van der Waals surface area contributed by atoms with Crippen molar-refractivity contribution in [2.45, 2.75) is 22.0 Å². The van der Waals surface area contributed by atoms with Crippen molar-refractivity contribution in [3.63, 3.8) is 0 Å². The van der Waals surface area contributed by atoms with Crippen LogP contribution in [0.5, 0.6) is 11.5 Å². The van der Waals surface area contributed by atoms with E-state index in [-0.39, 0.29) is 26.4 Å². The summed E-state index contributed by atoms with van der Waals surface area (Å²) in [6, 6.07) is 20.4. The number of esters is 4. The lowest BCUT2D eigenvalue weighted by Gasteiger charge is -2.19. The first-order valence-electron chi connectivity index (χ1n) is 13.9. The molecule has 0 spiro atoms. The lowest BCUT2D eigenvalue weighted by atomic mass is 10.2. The molecule has 0 radical (unpaired) electrons. The predicted octanol–water partition coefficient (Wildman–Crippen LogP) is 5.80. The lowest BCUT2D eigenvalue weighted by molar-refractivity contribution is -0.147. The van der Waals surface area contributed by atoms with E-state index in [2.05, 4.69) is 13.2 Å². The summed E-state index contributed by atoms with van der Waals surface area (Å²) in [5.74, 6) is -1.85. The van der Waals surface area contributed by atoms with Gasteiger partial charge in [-0.25, -0.2) is 19.2 Å². The maximum absolute atomic E-state index is 12.5. The number of ether oxygens (including phenoxy) is 6. The Morgan fingerprint density at radius 1 is 0.630 bits per heavy atom. The van der Waals surface area contributed by atoms with Gasteiger partial charge in [0.25, 0.3) is 0 Å². The minimum absolute atomic E-state index is 0.144. The Labute approximate surface area is 276 Å². The second-order valence-electron chi connectivity index (χ2n) is 9.28. The molecular formula is C34H34O10S2. The Bertz CT molecular complexity index is 1380. The van der Waals surface area contributed by atoms with Crippen LogP contribution in [0.25, 0.3) is 0 Å². The fourth-order valence-electron chi connectivity index (χ4n) is 3.65. The van der Waals surface area contributed by atoms with Gasteiger partial charge >= 0.3 is 23.9 Å². The number of benzene rings is 3. The van der Waals surface area contributed by atoms with Crippen molar-refractivity contribution in [3.8, 4) is 11.5 Å². The SMILES string of the molecule is C=CC(=O)OC(COC(=O)c1ccc(SC)cc1)COc1cccc(OCC(COC(=O)c2ccc(SC)cc2)OC(=O)C=C)c1. The molecule has 242 valence electrons. The highest BCUT2D eigenvalue weighted by Crippen LogP contribution is 2.21. The summed E-state index contributed by atoms with van der Waals surface area (Å²) in [5, 5.41) is 0. The molecule has 0 fully saturated rings. The molecule has 0 N–H and O–H groups in total. The van der Waals surface area contributed by atoms with Gasteiger partial charge in [-0.3, -0.25) is 0 Å².